The van der Waals surface area contributed by atoms with Gasteiger partial charge in [-0.15, -0.1) is 0 Å². The molecule has 0 bridgehead atoms. The quantitative estimate of drug-likeness (QED) is 0.792. The summed E-state index contributed by atoms with van der Waals surface area (Å²) < 4.78 is 5.64. The summed E-state index contributed by atoms with van der Waals surface area (Å²) in [6, 6.07) is 10.4. The average Bonchev–Trinajstić information content (AvgIpc) is 2.98. The average molecular weight is 263 g/mol. The van der Waals surface area contributed by atoms with Gasteiger partial charge in [-0.1, -0.05) is 37.3 Å². The van der Waals surface area contributed by atoms with Gasteiger partial charge in [0.25, 0.3) is 0 Å². The van der Waals surface area contributed by atoms with Gasteiger partial charge in [0.05, 0.1) is 12.7 Å². The standard InChI is InChI=1S/C16H25NO2/c1-2-16(13-18,11-14-7-4-3-5-8-14)17-12-15-9-6-10-19-15/h3-5,7-8,15,17-18H,2,6,9-13H2,1H3. The molecule has 2 rings (SSSR count). The van der Waals surface area contributed by atoms with Gasteiger partial charge in [0.2, 0.25) is 0 Å². The third-order valence-electron chi connectivity index (χ3n) is 4.09. The number of rotatable bonds is 7. The smallest absolute Gasteiger partial charge is 0.0700 e. The number of hydrogen-bond acceptors (Lipinski definition) is 3. The van der Waals surface area contributed by atoms with Gasteiger partial charge >= 0.3 is 0 Å². The van der Waals surface area contributed by atoms with E-state index in [1.807, 2.05) is 18.2 Å². The number of hydrogen-bond donors (Lipinski definition) is 2. The Morgan fingerprint density at radius 3 is 2.74 bits per heavy atom. The van der Waals surface area contributed by atoms with Gasteiger partial charge < -0.3 is 15.2 Å². The molecule has 1 fully saturated rings. The minimum atomic E-state index is -0.229. The van der Waals surface area contributed by atoms with E-state index in [0.29, 0.717) is 6.10 Å². The van der Waals surface area contributed by atoms with Gasteiger partial charge in [-0.3, -0.25) is 0 Å². The number of nitrogens with one attached hydrogen (secondary N) is 1. The summed E-state index contributed by atoms with van der Waals surface area (Å²) in [6.07, 6.45) is 4.36. The van der Waals surface area contributed by atoms with Crippen molar-refractivity contribution in [1.29, 1.82) is 0 Å². The molecule has 1 aromatic carbocycles. The lowest BCUT2D eigenvalue weighted by Gasteiger charge is -2.33. The molecule has 106 valence electrons. The molecule has 0 radical (unpaired) electrons. The SMILES string of the molecule is CCC(CO)(Cc1ccccc1)NCC1CCCO1. The van der Waals surface area contributed by atoms with Gasteiger partial charge in [-0.2, -0.15) is 0 Å². The molecule has 0 aliphatic carbocycles. The Kier molecular flexibility index (Phi) is 5.37. The molecular formula is C16H25NO2. The maximum absolute atomic E-state index is 9.81. The van der Waals surface area contributed by atoms with Crippen molar-refractivity contribution < 1.29 is 9.84 Å². The lowest BCUT2D eigenvalue weighted by Crippen LogP contribution is -2.52. The summed E-state index contributed by atoms with van der Waals surface area (Å²) in [4.78, 5) is 0. The van der Waals surface area contributed by atoms with Crippen molar-refractivity contribution in [3.8, 4) is 0 Å². The monoisotopic (exact) mass is 263 g/mol. The Hall–Kier alpha value is -0.900. The summed E-state index contributed by atoms with van der Waals surface area (Å²) in [7, 11) is 0. The van der Waals surface area contributed by atoms with Crippen molar-refractivity contribution in [3.05, 3.63) is 35.9 Å². The lowest BCUT2D eigenvalue weighted by atomic mass is 9.88. The van der Waals surface area contributed by atoms with Crippen LogP contribution in [-0.4, -0.2) is 36.5 Å². The summed E-state index contributed by atoms with van der Waals surface area (Å²) in [5.41, 5.74) is 1.03. The van der Waals surface area contributed by atoms with Crippen LogP contribution >= 0.6 is 0 Å². The van der Waals surface area contributed by atoms with Crippen molar-refractivity contribution in [2.24, 2.45) is 0 Å². The predicted molar refractivity (Wildman–Crippen MR) is 77.2 cm³/mol. The minimum Gasteiger partial charge on any atom is -0.394 e. The zero-order valence-electron chi connectivity index (χ0n) is 11.8. The highest BCUT2D eigenvalue weighted by Gasteiger charge is 2.29. The van der Waals surface area contributed by atoms with E-state index in [1.165, 1.54) is 5.56 Å². The zero-order valence-corrected chi connectivity index (χ0v) is 11.8. The van der Waals surface area contributed by atoms with Crippen molar-refractivity contribution >= 4 is 0 Å². The topological polar surface area (TPSA) is 41.5 Å². The highest BCUT2D eigenvalue weighted by molar-refractivity contribution is 5.18. The third kappa shape index (κ3) is 4.03. The zero-order chi connectivity index (χ0) is 13.6. The molecule has 3 nitrogen and oxygen atoms in total. The van der Waals surface area contributed by atoms with Gasteiger partial charge in [0, 0.05) is 18.7 Å². The fraction of sp³-hybridized carbons (Fsp3) is 0.625. The third-order valence-corrected chi connectivity index (χ3v) is 4.09. The molecule has 3 heteroatoms. The molecule has 1 aliphatic rings. The van der Waals surface area contributed by atoms with Crippen LogP contribution in [0.3, 0.4) is 0 Å². The second-order valence-corrected chi connectivity index (χ2v) is 5.47. The molecule has 0 spiro atoms. The van der Waals surface area contributed by atoms with Gasteiger partial charge in [-0.05, 0) is 31.2 Å². The molecular weight excluding hydrogens is 238 g/mol. The van der Waals surface area contributed by atoms with E-state index < -0.39 is 0 Å². The molecule has 1 aliphatic heterocycles. The van der Waals surface area contributed by atoms with Crippen molar-refractivity contribution in [2.75, 3.05) is 19.8 Å². The highest BCUT2D eigenvalue weighted by atomic mass is 16.5. The van der Waals surface area contributed by atoms with Crippen molar-refractivity contribution in [3.63, 3.8) is 0 Å². The first-order valence-corrected chi connectivity index (χ1v) is 7.29. The fourth-order valence-electron chi connectivity index (χ4n) is 2.66. The number of benzene rings is 1. The van der Waals surface area contributed by atoms with Crippen LogP contribution in [0.1, 0.15) is 31.7 Å². The van der Waals surface area contributed by atoms with E-state index in [1.54, 1.807) is 0 Å². The Balaban J connectivity index is 1.95. The van der Waals surface area contributed by atoms with Gasteiger partial charge in [0.15, 0.2) is 0 Å². The van der Waals surface area contributed by atoms with Crippen molar-refractivity contribution in [1.82, 2.24) is 5.32 Å². The maximum Gasteiger partial charge on any atom is 0.0700 e. The van der Waals surface area contributed by atoms with Crippen LogP contribution in [0.5, 0.6) is 0 Å². The van der Waals surface area contributed by atoms with E-state index in [0.717, 1.165) is 38.8 Å². The van der Waals surface area contributed by atoms with Crippen LogP contribution in [0.25, 0.3) is 0 Å². The molecule has 0 aromatic heterocycles. The molecule has 1 aromatic rings. The Morgan fingerprint density at radius 2 is 2.16 bits per heavy atom. The van der Waals surface area contributed by atoms with Crippen LogP contribution in [0.15, 0.2) is 30.3 Å². The van der Waals surface area contributed by atoms with Crippen LogP contribution in [0, 0.1) is 0 Å². The van der Waals surface area contributed by atoms with E-state index in [2.05, 4.69) is 24.4 Å². The minimum absolute atomic E-state index is 0.158. The van der Waals surface area contributed by atoms with Gasteiger partial charge in [-0.25, -0.2) is 0 Å². The van der Waals surface area contributed by atoms with E-state index >= 15 is 0 Å². The lowest BCUT2D eigenvalue weighted by molar-refractivity contribution is 0.0861. The van der Waals surface area contributed by atoms with Gasteiger partial charge in [0.1, 0.15) is 0 Å². The number of aliphatic hydroxyl groups is 1. The molecule has 0 amide bonds. The Bertz CT molecular complexity index is 356. The Morgan fingerprint density at radius 1 is 1.37 bits per heavy atom. The molecule has 2 atom stereocenters. The second-order valence-electron chi connectivity index (χ2n) is 5.47. The number of ether oxygens (including phenoxy) is 1. The van der Waals surface area contributed by atoms with Crippen LogP contribution in [0.2, 0.25) is 0 Å². The molecule has 0 saturated carbocycles. The molecule has 2 N–H and O–H groups in total. The van der Waals surface area contributed by atoms with Crippen molar-refractivity contribution in [2.45, 2.75) is 44.2 Å². The summed E-state index contributed by atoms with van der Waals surface area (Å²) in [6.45, 7) is 4.00. The molecule has 19 heavy (non-hydrogen) atoms. The van der Waals surface area contributed by atoms with E-state index in [-0.39, 0.29) is 12.1 Å². The van der Waals surface area contributed by atoms with E-state index in [9.17, 15) is 5.11 Å². The fourth-order valence-corrected chi connectivity index (χ4v) is 2.66. The van der Waals surface area contributed by atoms with Crippen LogP contribution in [-0.2, 0) is 11.2 Å². The first kappa shape index (κ1) is 14.5. The summed E-state index contributed by atoms with van der Waals surface area (Å²) >= 11 is 0. The molecule has 1 saturated heterocycles. The van der Waals surface area contributed by atoms with Crippen LogP contribution < -0.4 is 5.32 Å². The summed E-state index contributed by atoms with van der Waals surface area (Å²) in [5.74, 6) is 0. The first-order valence-electron chi connectivity index (χ1n) is 7.29. The summed E-state index contributed by atoms with van der Waals surface area (Å²) in [5, 5.41) is 13.4. The number of aliphatic hydroxyl groups excluding tert-OH is 1. The second kappa shape index (κ2) is 7.04. The molecule has 1 heterocycles. The highest BCUT2D eigenvalue weighted by Crippen LogP contribution is 2.19. The van der Waals surface area contributed by atoms with E-state index in [4.69, 9.17) is 4.74 Å². The van der Waals surface area contributed by atoms with Crippen LogP contribution in [0.4, 0.5) is 0 Å². The normalized spacial score (nSPS) is 22.3. The maximum atomic E-state index is 9.81. The largest absolute Gasteiger partial charge is 0.394 e. The predicted octanol–water partition coefficient (Wildman–Crippen LogP) is 2.14. The first-order chi connectivity index (χ1) is 9.28. The Labute approximate surface area is 116 Å². The molecule has 2 unspecified atom stereocenters.